The van der Waals surface area contributed by atoms with Gasteiger partial charge in [-0.25, -0.2) is 17.6 Å². The fraction of sp³-hybridized carbons (Fsp3) is 0.704. The zero-order valence-electron chi connectivity index (χ0n) is 23.4. The maximum Gasteiger partial charge on any atom is 0.315 e. The van der Waals surface area contributed by atoms with Crippen LogP contribution in [0.5, 0.6) is 0 Å². The predicted molar refractivity (Wildman–Crippen MR) is 152 cm³/mol. The number of ether oxygens (including phenoxy) is 2. The summed E-state index contributed by atoms with van der Waals surface area (Å²) in [6.45, 7) is 3.24. The van der Waals surface area contributed by atoms with Crippen molar-refractivity contribution in [3.8, 4) is 0 Å². The molecule has 3 atom stereocenters. The molecule has 0 aromatic heterocycles. The van der Waals surface area contributed by atoms with Gasteiger partial charge in [-0.1, -0.05) is 12.5 Å². The number of unbranched alkanes of at least 4 members (excludes halogenated alkanes) is 1. The third-order valence-electron chi connectivity index (χ3n) is 7.64. The van der Waals surface area contributed by atoms with Gasteiger partial charge in [0.2, 0.25) is 15.9 Å². The molecule has 230 valence electrons. The lowest BCUT2D eigenvalue weighted by molar-refractivity contribution is -0.121. The minimum Gasteiger partial charge on any atom is -0.392 e. The molecular formula is C27H41FN4O7S2. The number of carbonyl (C=O) groups excluding carboxylic acids is 2. The summed E-state index contributed by atoms with van der Waals surface area (Å²) < 4.78 is 52.5. The Balaban J connectivity index is 1.02. The van der Waals surface area contributed by atoms with Crippen molar-refractivity contribution < 1.29 is 37.0 Å². The van der Waals surface area contributed by atoms with Gasteiger partial charge in [-0.05, 0) is 44.7 Å². The number of nitrogens with zero attached hydrogens (tertiary/aromatic N) is 1. The molecule has 3 amide bonds. The second kappa shape index (κ2) is 14.5. The molecule has 2 saturated heterocycles. The van der Waals surface area contributed by atoms with Crippen molar-refractivity contribution in [3.05, 3.63) is 29.6 Å². The van der Waals surface area contributed by atoms with Crippen molar-refractivity contribution in [1.82, 2.24) is 20.3 Å². The second-order valence-corrected chi connectivity index (χ2v) is 14.0. The Morgan fingerprint density at radius 1 is 1.22 bits per heavy atom. The minimum absolute atomic E-state index is 0.0168. The van der Waals surface area contributed by atoms with E-state index < -0.39 is 22.4 Å². The molecule has 3 fully saturated rings. The van der Waals surface area contributed by atoms with Crippen LogP contribution < -0.4 is 16.0 Å². The van der Waals surface area contributed by atoms with Crippen molar-refractivity contribution in [3.63, 3.8) is 0 Å². The first-order valence-electron chi connectivity index (χ1n) is 14.2. The summed E-state index contributed by atoms with van der Waals surface area (Å²) in [6, 6.07) is 3.47. The highest BCUT2D eigenvalue weighted by molar-refractivity contribution is 8.00. The van der Waals surface area contributed by atoms with E-state index >= 15 is 0 Å². The molecule has 1 aromatic rings. The first-order valence-corrected chi connectivity index (χ1v) is 16.7. The Morgan fingerprint density at radius 2 is 1.98 bits per heavy atom. The predicted octanol–water partition coefficient (Wildman–Crippen LogP) is 1.74. The van der Waals surface area contributed by atoms with Gasteiger partial charge in [-0.3, -0.25) is 4.79 Å². The van der Waals surface area contributed by atoms with E-state index in [0.29, 0.717) is 31.4 Å². The molecule has 11 nitrogen and oxygen atoms in total. The van der Waals surface area contributed by atoms with Crippen molar-refractivity contribution in [2.75, 3.05) is 45.3 Å². The molecule has 0 unspecified atom stereocenters. The van der Waals surface area contributed by atoms with Crippen LogP contribution in [0.15, 0.2) is 23.1 Å². The summed E-state index contributed by atoms with van der Waals surface area (Å²) in [5.41, 5.74) is -0.130. The van der Waals surface area contributed by atoms with Gasteiger partial charge >= 0.3 is 6.03 Å². The summed E-state index contributed by atoms with van der Waals surface area (Å²) in [6.07, 6.45) is 4.63. The average molecular weight is 617 g/mol. The van der Waals surface area contributed by atoms with Gasteiger partial charge in [-0.15, -0.1) is 0 Å². The van der Waals surface area contributed by atoms with E-state index in [1.165, 1.54) is 16.4 Å². The van der Waals surface area contributed by atoms with Crippen LogP contribution in [0, 0.1) is 5.82 Å². The van der Waals surface area contributed by atoms with Gasteiger partial charge in [0.1, 0.15) is 5.82 Å². The highest BCUT2D eigenvalue weighted by atomic mass is 32.2. The molecule has 3 aliphatic rings. The lowest BCUT2D eigenvalue weighted by atomic mass is 9.92. The number of hydrogen-bond acceptors (Lipinski definition) is 8. The number of rotatable bonds is 18. The number of hydrogen-bond donors (Lipinski definition) is 4. The van der Waals surface area contributed by atoms with E-state index in [4.69, 9.17) is 14.6 Å². The molecule has 1 saturated carbocycles. The number of urea groups is 1. The van der Waals surface area contributed by atoms with E-state index in [9.17, 15) is 22.4 Å². The quantitative estimate of drug-likeness (QED) is 0.144. The van der Waals surface area contributed by atoms with E-state index in [1.807, 2.05) is 11.8 Å². The molecule has 4 rings (SSSR count). The summed E-state index contributed by atoms with van der Waals surface area (Å²) in [7, 11) is -3.88. The van der Waals surface area contributed by atoms with Crippen molar-refractivity contribution in [2.24, 2.45) is 0 Å². The molecule has 0 radical (unpaired) electrons. The van der Waals surface area contributed by atoms with Gasteiger partial charge < -0.3 is 30.5 Å². The van der Waals surface area contributed by atoms with Crippen molar-refractivity contribution >= 4 is 33.7 Å². The number of benzene rings is 1. The van der Waals surface area contributed by atoms with Gasteiger partial charge in [-0.2, -0.15) is 16.1 Å². The third kappa shape index (κ3) is 8.54. The van der Waals surface area contributed by atoms with E-state index in [2.05, 4.69) is 22.9 Å². The average Bonchev–Trinajstić information content (AvgIpc) is 3.66. The lowest BCUT2D eigenvalue weighted by Gasteiger charge is -2.23. The molecule has 1 aliphatic carbocycles. The number of nitrogens with one attached hydrogen (secondary N) is 3. The van der Waals surface area contributed by atoms with Gasteiger partial charge in [0.15, 0.2) is 0 Å². The van der Waals surface area contributed by atoms with Gasteiger partial charge in [0.05, 0.1) is 49.5 Å². The highest BCUT2D eigenvalue weighted by Crippen LogP contribution is 2.39. The molecule has 41 heavy (non-hydrogen) atoms. The number of carbonyl (C=O) groups is 2. The number of aliphatic hydroxyl groups excluding tert-OH is 1. The maximum atomic E-state index is 14.0. The zero-order valence-corrected chi connectivity index (χ0v) is 25.0. The molecule has 2 aliphatic heterocycles. The van der Waals surface area contributed by atoms with Crippen LogP contribution >= 0.6 is 11.8 Å². The van der Waals surface area contributed by atoms with Gasteiger partial charge in [0.25, 0.3) is 0 Å². The van der Waals surface area contributed by atoms with Crippen LogP contribution in [0.4, 0.5) is 9.18 Å². The number of halogens is 1. The first kappa shape index (κ1) is 32.0. The Bertz CT molecular complexity index is 1170. The number of amides is 3. The molecule has 1 aromatic carbocycles. The van der Waals surface area contributed by atoms with Crippen LogP contribution in [0.3, 0.4) is 0 Å². The lowest BCUT2D eigenvalue weighted by Crippen LogP contribution is -2.47. The Morgan fingerprint density at radius 3 is 2.68 bits per heavy atom. The van der Waals surface area contributed by atoms with Crippen LogP contribution in [0.1, 0.15) is 51.0 Å². The summed E-state index contributed by atoms with van der Waals surface area (Å²) in [4.78, 5) is 23.6. The molecule has 14 heteroatoms. The molecule has 2 heterocycles. The maximum absolute atomic E-state index is 14.0. The van der Waals surface area contributed by atoms with Crippen molar-refractivity contribution in [1.29, 1.82) is 0 Å². The van der Waals surface area contributed by atoms with E-state index in [0.717, 1.165) is 43.9 Å². The van der Waals surface area contributed by atoms with Gasteiger partial charge in [0, 0.05) is 42.1 Å². The normalized spacial score (nSPS) is 23.9. The van der Waals surface area contributed by atoms with Crippen molar-refractivity contribution in [2.45, 2.75) is 79.8 Å². The SMILES string of the molecule is C[C@]12CS[C@@H](CCCCC(=O)NCCOCCOCCN(C3CC3)S(=O)(=O)c3ccc(CO)c(F)c3)[C@H]1NC(=O)N2. The fourth-order valence-electron chi connectivity index (χ4n) is 5.20. The zero-order chi connectivity index (χ0) is 29.5. The van der Waals surface area contributed by atoms with Crippen LogP contribution in [0.25, 0.3) is 0 Å². The monoisotopic (exact) mass is 616 g/mol. The van der Waals surface area contributed by atoms with E-state index in [-0.39, 0.29) is 59.8 Å². The van der Waals surface area contributed by atoms with Crippen LogP contribution in [-0.2, 0) is 30.9 Å². The third-order valence-corrected chi connectivity index (χ3v) is 11.3. The molecule has 0 spiro atoms. The number of sulfonamides is 1. The molecule has 4 N–H and O–H groups in total. The topological polar surface area (TPSA) is 146 Å². The number of fused-ring (bicyclic) bond motifs is 1. The standard InChI is InChI=1S/C27H41FN4O7S2/c1-27-18-40-23(25(27)30-26(35)31-27)4-2-3-5-24(34)29-10-12-38-14-15-39-13-11-32(20-7-8-20)41(36,37)21-9-6-19(17-33)22(28)16-21/h6,9,16,20,23,25,33H,2-5,7-8,10-15,17-18H2,1H3,(H,29,34)(H2,30,31,35)/t23-,25+,27-/m0/s1. The largest absolute Gasteiger partial charge is 0.392 e. The summed E-state index contributed by atoms with van der Waals surface area (Å²) in [5.74, 6) is 0.133. The fourth-order valence-corrected chi connectivity index (χ4v) is 8.59. The highest BCUT2D eigenvalue weighted by Gasteiger charge is 2.51. The van der Waals surface area contributed by atoms with E-state index in [1.54, 1.807) is 0 Å². The summed E-state index contributed by atoms with van der Waals surface area (Å²) >= 11 is 1.87. The van der Waals surface area contributed by atoms with Crippen LogP contribution in [0.2, 0.25) is 0 Å². The first-order chi connectivity index (χ1) is 19.6. The Kier molecular flexibility index (Phi) is 11.3. The minimum atomic E-state index is -3.88. The number of aliphatic hydroxyl groups is 1. The Labute approximate surface area is 245 Å². The smallest absolute Gasteiger partial charge is 0.315 e. The molecule has 0 bridgehead atoms. The number of thioether (sulfide) groups is 1. The molecular weight excluding hydrogens is 575 g/mol. The van der Waals surface area contributed by atoms with Crippen LogP contribution in [-0.4, -0.2) is 97.9 Å². The second-order valence-electron chi connectivity index (χ2n) is 10.9. The Hall–Kier alpha value is -1.97. The summed E-state index contributed by atoms with van der Waals surface area (Å²) in [5, 5.41) is 18.4.